The molecule has 25 heavy (non-hydrogen) atoms. The Hall–Kier alpha value is -2.69. The highest BCUT2D eigenvalue weighted by atomic mass is 19.1. The maximum Gasteiger partial charge on any atom is 0.341 e. The highest BCUT2D eigenvalue weighted by Crippen LogP contribution is 2.21. The van der Waals surface area contributed by atoms with Crippen LogP contribution in [0.25, 0.3) is 0 Å². The highest BCUT2D eigenvalue weighted by Gasteiger charge is 2.18. The lowest BCUT2D eigenvalue weighted by molar-refractivity contribution is -0.125. The van der Waals surface area contributed by atoms with Gasteiger partial charge in [0, 0.05) is 0 Å². The fourth-order valence-corrected chi connectivity index (χ4v) is 2.51. The zero-order valence-corrected chi connectivity index (χ0v) is 14.4. The molecule has 4 nitrogen and oxygen atoms in total. The van der Waals surface area contributed by atoms with Crippen molar-refractivity contribution in [2.45, 2.75) is 26.3 Å². The predicted octanol–water partition coefficient (Wildman–Crippen LogP) is 3.89. The smallest absolute Gasteiger partial charge is 0.341 e. The summed E-state index contributed by atoms with van der Waals surface area (Å²) in [6.07, 6.45) is 0.761. The van der Waals surface area contributed by atoms with Gasteiger partial charge in [-0.05, 0) is 30.0 Å². The summed E-state index contributed by atoms with van der Waals surface area (Å²) in [7, 11) is 0. The molecule has 0 aliphatic heterocycles. The molecule has 132 valence electrons. The van der Waals surface area contributed by atoms with Gasteiger partial charge >= 0.3 is 5.97 Å². The summed E-state index contributed by atoms with van der Waals surface area (Å²) in [6, 6.07) is 15.0. The van der Waals surface area contributed by atoms with Crippen LogP contribution in [0.2, 0.25) is 0 Å². The van der Waals surface area contributed by atoms with Gasteiger partial charge in [-0.3, -0.25) is 4.79 Å². The lowest BCUT2D eigenvalue weighted by Gasteiger charge is -2.21. The van der Waals surface area contributed by atoms with Crippen molar-refractivity contribution in [1.29, 1.82) is 0 Å². The van der Waals surface area contributed by atoms with Gasteiger partial charge in [-0.25, -0.2) is 9.18 Å². The topological polar surface area (TPSA) is 55.4 Å². The highest BCUT2D eigenvalue weighted by molar-refractivity contribution is 5.91. The minimum absolute atomic E-state index is 0.166. The minimum atomic E-state index is -0.853. The predicted molar refractivity (Wildman–Crippen MR) is 93.5 cm³/mol. The van der Waals surface area contributed by atoms with Crippen LogP contribution in [0.4, 0.5) is 4.39 Å². The summed E-state index contributed by atoms with van der Waals surface area (Å²) < 4.78 is 18.5. The zero-order chi connectivity index (χ0) is 18.2. The van der Waals surface area contributed by atoms with Crippen molar-refractivity contribution < 1.29 is 18.7 Å². The first kappa shape index (κ1) is 18.6. The van der Waals surface area contributed by atoms with Gasteiger partial charge in [0.05, 0.1) is 11.6 Å². The van der Waals surface area contributed by atoms with E-state index in [2.05, 4.69) is 19.2 Å². The van der Waals surface area contributed by atoms with Crippen LogP contribution < -0.4 is 5.32 Å². The van der Waals surface area contributed by atoms with Crippen molar-refractivity contribution in [2.75, 3.05) is 6.61 Å². The molecule has 2 aromatic rings. The third-order valence-electron chi connectivity index (χ3n) is 3.67. The molecule has 1 N–H and O–H groups in total. The number of hydrogen-bond acceptors (Lipinski definition) is 3. The number of carbonyl (C=O) groups is 2. The third-order valence-corrected chi connectivity index (χ3v) is 3.67. The van der Waals surface area contributed by atoms with Gasteiger partial charge in [-0.1, -0.05) is 56.3 Å². The van der Waals surface area contributed by atoms with E-state index in [-0.39, 0.29) is 11.6 Å². The monoisotopic (exact) mass is 343 g/mol. The van der Waals surface area contributed by atoms with E-state index in [0.29, 0.717) is 5.92 Å². The summed E-state index contributed by atoms with van der Waals surface area (Å²) in [5.74, 6) is -1.56. The van der Waals surface area contributed by atoms with Crippen molar-refractivity contribution in [3.63, 3.8) is 0 Å². The van der Waals surface area contributed by atoms with Gasteiger partial charge in [-0.2, -0.15) is 0 Å². The Labute approximate surface area is 147 Å². The largest absolute Gasteiger partial charge is 0.452 e. The number of rotatable bonds is 7. The average Bonchev–Trinajstić information content (AvgIpc) is 2.60. The van der Waals surface area contributed by atoms with E-state index >= 15 is 0 Å². The SMILES string of the molecule is CC(C)C[C@H](NC(=O)COC(=O)c1ccccc1F)c1ccccc1. The normalized spacial score (nSPS) is 11.8. The zero-order valence-electron chi connectivity index (χ0n) is 14.4. The summed E-state index contributed by atoms with van der Waals surface area (Å²) in [5.41, 5.74) is 0.807. The number of benzene rings is 2. The van der Waals surface area contributed by atoms with Crippen LogP contribution in [0.1, 0.15) is 42.2 Å². The van der Waals surface area contributed by atoms with E-state index in [1.165, 1.54) is 24.3 Å². The Morgan fingerprint density at radius 1 is 1.04 bits per heavy atom. The Balaban J connectivity index is 1.95. The second kappa shape index (κ2) is 8.97. The molecular formula is C20H22FNO3. The van der Waals surface area contributed by atoms with Crippen LogP contribution >= 0.6 is 0 Å². The maximum atomic E-state index is 13.5. The van der Waals surface area contributed by atoms with E-state index in [1.807, 2.05) is 30.3 Å². The Morgan fingerprint density at radius 3 is 2.32 bits per heavy atom. The van der Waals surface area contributed by atoms with Crippen LogP contribution in [0, 0.1) is 11.7 Å². The van der Waals surface area contributed by atoms with E-state index in [9.17, 15) is 14.0 Å². The molecule has 0 aliphatic rings. The fourth-order valence-electron chi connectivity index (χ4n) is 2.51. The van der Waals surface area contributed by atoms with E-state index < -0.39 is 24.3 Å². The molecule has 1 atom stereocenters. The number of halogens is 1. The van der Waals surface area contributed by atoms with Crippen molar-refractivity contribution in [2.24, 2.45) is 5.92 Å². The van der Waals surface area contributed by atoms with Gasteiger partial charge in [0.2, 0.25) is 0 Å². The van der Waals surface area contributed by atoms with Crippen molar-refractivity contribution >= 4 is 11.9 Å². The van der Waals surface area contributed by atoms with Crippen molar-refractivity contribution in [3.8, 4) is 0 Å². The van der Waals surface area contributed by atoms with Gasteiger partial charge in [0.25, 0.3) is 5.91 Å². The molecular weight excluding hydrogens is 321 g/mol. The van der Waals surface area contributed by atoms with Crippen LogP contribution in [0.15, 0.2) is 54.6 Å². The molecule has 0 aromatic heterocycles. The number of amides is 1. The molecule has 1 amide bonds. The average molecular weight is 343 g/mol. The van der Waals surface area contributed by atoms with Crippen LogP contribution in [0.5, 0.6) is 0 Å². The lowest BCUT2D eigenvalue weighted by atomic mass is 9.97. The van der Waals surface area contributed by atoms with Crippen molar-refractivity contribution in [3.05, 3.63) is 71.5 Å². The first-order valence-corrected chi connectivity index (χ1v) is 8.23. The van der Waals surface area contributed by atoms with E-state index in [4.69, 9.17) is 4.74 Å². The molecule has 0 saturated heterocycles. The molecule has 0 unspecified atom stereocenters. The molecule has 0 heterocycles. The number of esters is 1. The molecule has 0 bridgehead atoms. The fraction of sp³-hybridized carbons (Fsp3) is 0.300. The molecule has 0 aliphatic carbocycles. The first-order chi connectivity index (χ1) is 12.0. The summed E-state index contributed by atoms with van der Waals surface area (Å²) in [6.45, 7) is 3.69. The van der Waals surface area contributed by atoms with E-state index in [0.717, 1.165) is 12.0 Å². The second-order valence-electron chi connectivity index (χ2n) is 6.22. The second-order valence-corrected chi connectivity index (χ2v) is 6.22. The Bertz CT molecular complexity index is 716. The maximum absolute atomic E-state index is 13.5. The van der Waals surface area contributed by atoms with Crippen LogP contribution in [-0.4, -0.2) is 18.5 Å². The number of ether oxygens (including phenoxy) is 1. The van der Waals surface area contributed by atoms with Crippen molar-refractivity contribution in [1.82, 2.24) is 5.32 Å². The third kappa shape index (κ3) is 5.71. The van der Waals surface area contributed by atoms with Gasteiger partial charge in [0.15, 0.2) is 6.61 Å². The molecule has 0 radical (unpaired) electrons. The van der Waals surface area contributed by atoms with Gasteiger partial charge < -0.3 is 10.1 Å². The molecule has 2 rings (SSSR count). The van der Waals surface area contributed by atoms with Gasteiger partial charge in [-0.15, -0.1) is 0 Å². The summed E-state index contributed by atoms with van der Waals surface area (Å²) in [5, 5.41) is 2.88. The number of carbonyl (C=O) groups excluding carboxylic acids is 2. The molecule has 2 aromatic carbocycles. The first-order valence-electron chi connectivity index (χ1n) is 8.23. The lowest BCUT2D eigenvalue weighted by Crippen LogP contribution is -2.33. The quantitative estimate of drug-likeness (QED) is 0.776. The standard InChI is InChI=1S/C20H22FNO3/c1-14(2)12-18(15-8-4-3-5-9-15)22-19(23)13-25-20(24)16-10-6-7-11-17(16)21/h3-11,14,18H,12-13H2,1-2H3,(H,22,23)/t18-/m0/s1. The Kier molecular flexibility index (Phi) is 6.69. The molecule has 5 heteroatoms. The number of hydrogen-bond donors (Lipinski definition) is 1. The Morgan fingerprint density at radius 2 is 1.68 bits per heavy atom. The summed E-state index contributed by atoms with van der Waals surface area (Å²) in [4.78, 5) is 24.0. The van der Waals surface area contributed by atoms with Gasteiger partial charge in [0.1, 0.15) is 5.82 Å². The van der Waals surface area contributed by atoms with E-state index in [1.54, 1.807) is 0 Å². The number of nitrogens with one attached hydrogen (secondary N) is 1. The molecule has 0 saturated carbocycles. The van der Waals surface area contributed by atoms with Crippen LogP contribution in [0.3, 0.4) is 0 Å². The minimum Gasteiger partial charge on any atom is -0.452 e. The molecule has 0 spiro atoms. The molecule has 0 fully saturated rings. The van der Waals surface area contributed by atoms with Crippen LogP contribution in [-0.2, 0) is 9.53 Å². The summed E-state index contributed by atoms with van der Waals surface area (Å²) >= 11 is 0.